The van der Waals surface area contributed by atoms with Crippen molar-refractivity contribution in [2.24, 2.45) is 0 Å². The molecule has 0 saturated heterocycles. The van der Waals surface area contributed by atoms with Gasteiger partial charge < -0.3 is 14.6 Å². The second-order valence-electron chi connectivity index (χ2n) is 2.50. The third-order valence-electron chi connectivity index (χ3n) is 1.29. The van der Waals surface area contributed by atoms with Crippen molar-refractivity contribution in [3.63, 3.8) is 0 Å². The van der Waals surface area contributed by atoms with Crippen molar-refractivity contribution >= 4 is 26.6 Å². The van der Waals surface area contributed by atoms with E-state index in [1.165, 1.54) is 29.5 Å². The highest BCUT2D eigenvalue weighted by molar-refractivity contribution is 14.1. The van der Waals surface area contributed by atoms with E-state index in [4.69, 9.17) is 5.11 Å². The average Bonchev–Trinajstić information content (AvgIpc) is 2.11. The summed E-state index contributed by atoms with van der Waals surface area (Å²) in [4.78, 5) is 10.3. The molecule has 1 unspecified atom stereocenters. The maximum absolute atomic E-state index is 12.5. The van der Waals surface area contributed by atoms with Gasteiger partial charge in [0.2, 0.25) is 0 Å². The molecule has 0 spiro atoms. The molecular formula is C7H11F2IO4. The minimum Gasteiger partial charge on any atom is -0.455 e. The summed E-state index contributed by atoms with van der Waals surface area (Å²) in [5.41, 5.74) is 0. The second-order valence-corrected chi connectivity index (χ2v) is 3.39. The Bertz CT molecular complexity index is 189. The summed E-state index contributed by atoms with van der Waals surface area (Å²) in [7, 11) is 0. The van der Waals surface area contributed by atoms with Gasteiger partial charge in [0, 0.05) is 6.42 Å². The van der Waals surface area contributed by atoms with Gasteiger partial charge in [-0.3, -0.25) is 0 Å². The summed E-state index contributed by atoms with van der Waals surface area (Å²) in [6, 6.07) is 0. The molecule has 0 aromatic carbocycles. The smallest absolute Gasteiger partial charge is 0.367 e. The molecule has 14 heavy (non-hydrogen) atoms. The van der Waals surface area contributed by atoms with E-state index in [0.717, 1.165) is 0 Å². The fourth-order valence-corrected chi connectivity index (χ4v) is 0.710. The van der Waals surface area contributed by atoms with Crippen LogP contribution in [0.15, 0.2) is 0 Å². The molecule has 0 rings (SSSR count). The molecule has 1 atom stereocenters. The molecule has 0 aliphatic rings. The molecule has 0 radical (unpaired) electrons. The van der Waals surface area contributed by atoms with Crippen molar-refractivity contribution in [1.82, 2.24) is 0 Å². The van der Waals surface area contributed by atoms with Crippen molar-refractivity contribution in [2.45, 2.75) is 25.6 Å². The van der Waals surface area contributed by atoms with E-state index in [-0.39, 0.29) is 6.61 Å². The van der Waals surface area contributed by atoms with E-state index in [1.807, 2.05) is 0 Å². The van der Waals surface area contributed by atoms with Crippen molar-refractivity contribution in [1.29, 1.82) is 0 Å². The molecule has 0 bridgehead atoms. The molecule has 0 fully saturated rings. The molecular weight excluding hydrogens is 313 g/mol. The standard InChI is InChI=1S/C7H11F2IO4/c1-2-7(8,9)14-4-5(11)3-13-6(10)12/h5,11H,2-4H2,1H3. The van der Waals surface area contributed by atoms with Crippen LogP contribution in [0.25, 0.3) is 0 Å². The molecule has 0 aromatic heterocycles. The maximum Gasteiger partial charge on any atom is 0.367 e. The fourth-order valence-electron chi connectivity index (χ4n) is 0.530. The molecule has 1 N–H and O–H groups in total. The first-order chi connectivity index (χ1) is 6.37. The van der Waals surface area contributed by atoms with Crippen LogP contribution in [0.1, 0.15) is 13.3 Å². The lowest BCUT2D eigenvalue weighted by Gasteiger charge is -2.17. The number of ether oxygens (including phenoxy) is 2. The van der Waals surface area contributed by atoms with E-state index in [1.54, 1.807) is 0 Å². The fraction of sp³-hybridized carbons (Fsp3) is 0.857. The number of carbonyl (C=O) groups is 1. The van der Waals surface area contributed by atoms with Gasteiger partial charge in [0.05, 0.1) is 29.2 Å². The lowest BCUT2D eigenvalue weighted by atomic mass is 10.4. The summed E-state index contributed by atoms with van der Waals surface area (Å²) in [5, 5.41) is 9.02. The first kappa shape index (κ1) is 14.0. The topological polar surface area (TPSA) is 55.8 Å². The van der Waals surface area contributed by atoms with Gasteiger partial charge in [-0.05, 0) is 0 Å². The number of rotatable bonds is 6. The Balaban J connectivity index is 3.63. The number of hydrogen-bond donors (Lipinski definition) is 1. The van der Waals surface area contributed by atoms with Crippen LogP contribution >= 0.6 is 22.6 Å². The molecule has 7 heteroatoms. The first-order valence-electron chi connectivity index (χ1n) is 3.89. The number of aliphatic hydroxyl groups is 1. The van der Waals surface area contributed by atoms with Crippen LogP contribution in [-0.2, 0) is 9.47 Å². The minimum atomic E-state index is -3.24. The Morgan fingerprint density at radius 1 is 1.57 bits per heavy atom. The Hall–Kier alpha value is -0.0200. The Labute approximate surface area is 93.7 Å². The van der Waals surface area contributed by atoms with Crippen molar-refractivity contribution in [3.05, 3.63) is 0 Å². The normalized spacial score (nSPS) is 13.8. The first-order valence-corrected chi connectivity index (χ1v) is 4.97. The number of alkyl halides is 2. The molecule has 0 aliphatic carbocycles. The van der Waals surface area contributed by atoms with Gasteiger partial charge in [0.15, 0.2) is 0 Å². The molecule has 0 aliphatic heterocycles. The average molecular weight is 324 g/mol. The minimum absolute atomic E-state index is 0.346. The largest absolute Gasteiger partial charge is 0.455 e. The van der Waals surface area contributed by atoms with Crippen LogP contribution in [0.4, 0.5) is 13.6 Å². The summed E-state index contributed by atoms with van der Waals surface area (Å²) >= 11 is 1.37. The van der Waals surface area contributed by atoms with Crippen LogP contribution in [0.5, 0.6) is 0 Å². The number of aliphatic hydroxyl groups excluding tert-OH is 1. The molecule has 0 aromatic rings. The predicted molar refractivity (Wildman–Crippen MR) is 52.6 cm³/mol. The van der Waals surface area contributed by atoms with Gasteiger partial charge in [0.25, 0.3) is 0 Å². The quantitative estimate of drug-likeness (QED) is 0.599. The summed E-state index contributed by atoms with van der Waals surface area (Å²) < 4.78 is 32.8. The van der Waals surface area contributed by atoms with Gasteiger partial charge in [0.1, 0.15) is 12.7 Å². The van der Waals surface area contributed by atoms with Crippen molar-refractivity contribution in [3.8, 4) is 0 Å². The molecule has 0 heterocycles. The lowest BCUT2D eigenvalue weighted by Crippen LogP contribution is -2.29. The highest BCUT2D eigenvalue weighted by atomic mass is 127. The predicted octanol–water partition coefficient (Wildman–Crippen LogP) is 1.94. The van der Waals surface area contributed by atoms with Gasteiger partial charge in [-0.25, -0.2) is 4.79 Å². The highest BCUT2D eigenvalue weighted by Crippen LogP contribution is 2.19. The summed E-state index contributed by atoms with van der Waals surface area (Å²) in [5.74, 6) is 0. The zero-order chi connectivity index (χ0) is 11.2. The van der Waals surface area contributed by atoms with E-state index in [9.17, 15) is 13.6 Å². The van der Waals surface area contributed by atoms with Crippen molar-refractivity contribution < 1.29 is 28.2 Å². The Morgan fingerprint density at radius 2 is 2.14 bits per heavy atom. The summed E-state index contributed by atoms with van der Waals surface area (Å²) in [6.07, 6.45) is -4.94. The van der Waals surface area contributed by atoms with Gasteiger partial charge in [-0.2, -0.15) is 8.78 Å². The van der Waals surface area contributed by atoms with Crippen LogP contribution in [0.3, 0.4) is 0 Å². The van der Waals surface area contributed by atoms with Crippen LogP contribution < -0.4 is 0 Å². The van der Waals surface area contributed by atoms with Gasteiger partial charge >= 0.3 is 10.1 Å². The lowest BCUT2D eigenvalue weighted by molar-refractivity contribution is -0.250. The molecule has 0 amide bonds. The number of carbonyl (C=O) groups excluding carboxylic acids is 1. The Morgan fingerprint density at radius 3 is 2.57 bits per heavy atom. The molecule has 84 valence electrons. The number of halogens is 3. The van der Waals surface area contributed by atoms with E-state index in [2.05, 4.69) is 9.47 Å². The maximum atomic E-state index is 12.5. The molecule has 0 saturated carbocycles. The van der Waals surface area contributed by atoms with Crippen molar-refractivity contribution in [2.75, 3.05) is 13.2 Å². The van der Waals surface area contributed by atoms with Gasteiger partial charge in [-0.1, -0.05) is 6.92 Å². The third-order valence-corrected chi connectivity index (χ3v) is 1.60. The zero-order valence-electron chi connectivity index (χ0n) is 7.50. The monoisotopic (exact) mass is 324 g/mol. The zero-order valence-corrected chi connectivity index (χ0v) is 9.66. The Kier molecular flexibility index (Phi) is 6.45. The van der Waals surface area contributed by atoms with Crippen LogP contribution in [0, 0.1) is 0 Å². The van der Waals surface area contributed by atoms with E-state index in [0.29, 0.717) is 0 Å². The van der Waals surface area contributed by atoms with E-state index < -0.39 is 29.2 Å². The van der Waals surface area contributed by atoms with E-state index >= 15 is 0 Å². The molecule has 4 nitrogen and oxygen atoms in total. The number of hydrogen-bond acceptors (Lipinski definition) is 4. The summed E-state index contributed by atoms with van der Waals surface area (Å²) in [6.45, 7) is 0.351. The SMILES string of the molecule is CCC(F)(F)OCC(O)COC(=O)I. The van der Waals surface area contributed by atoms with Gasteiger partial charge in [-0.15, -0.1) is 0 Å². The third kappa shape index (κ3) is 7.39. The second kappa shape index (κ2) is 6.46. The van der Waals surface area contributed by atoms with Crippen LogP contribution in [-0.4, -0.2) is 34.5 Å². The highest BCUT2D eigenvalue weighted by Gasteiger charge is 2.28. The van der Waals surface area contributed by atoms with Crippen LogP contribution in [0.2, 0.25) is 0 Å².